The fraction of sp³-hybridized carbons (Fsp3) is 0.333. The minimum absolute atomic E-state index is 0.797. The highest BCUT2D eigenvalue weighted by molar-refractivity contribution is 9.11. The quantitative estimate of drug-likeness (QED) is 0.634. The summed E-state index contributed by atoms with van der Waals surface area (Å²) in [5, 5.41) is 5.39. The number of rotatable bonds is 4. The second-order valence-corrected chi connectivity index (χ2v) is 4.68. The summed E-state index contributed by atoms with van der Waals surface area (Å²) in [5.41, 5.74) is 1.31. The predicted octanol–water partition coefficient (Wildman–Crippen LogP) is 2.62. The number of terminal acetylenes is 1. The molecule has 0 aliphatic heterocycles. The monoisotopic (exact) mass is 243 g/mol. The van der Waals surface area contributed by atoms with Crippen molar-refractivity contribution in [2.24, 2.45) is 0 Å². The van der Waals surface area contributed by atoms with E-state index in [2.05, 4.69) is 38.6 Å². The van der Waals surface area contributed by atoms with Crippen molar-refractivity contribution in [3.63, 3.8) is 0 Å². The average molecular weight is 244 g/mol. The van der Waals surface area contributed by atoms with Crippen LogP contribution < -0.4 is 5.32 Å². The van der Waals surface area contributed by atoms with E-state index in [4.69, 9.17) is 6.42 Å². The van der Waals surface area contributed by atoms with Gasteiger partial charge >= 0.3 is 0 Å². The highest BCUT2D eigenvalue weighted by Crippen LogP contribution is 2.20. The standard InChI is InChI=1S/C9H10BrNS/c1-2-3-4-11-6-8-5-9(10)12-7-8/h1,5,7,11H,3-4,6H2. The van der Waals surface area contributed by atoms with E-state index in [0.29, 0.717) is 0 Å². The third-order valence-electron chi connectivity index (χ3n) is 1.40. The van der Waals surface area contributed by atoms with Crippen LogP contribution in [0.4, 0.5) is 0 Å². The molecular formula is C9H10BrNS. The van der Waals surface area contributed by atoms with Crippen LogP contribution in [0.5, 0.6) is 0 Å². The van der Waals surface area contributed by atoms with Crippen molar-refractivity contribution >= 4 is 27.3 Å². The fourth-order valence-electron chi connectivity index (χ4n) is 0.832. The van der Waals surface area contributed by atoms with Crippen LogP contribution in [0.1, 0.15) is 12.0 Å². The van der Waals surface area contributed by atoms with Crippen molar-refractivity contribution in [3.05, 3.63) is 20.8 Å². The summed E-state index contributed by atoms with van der Waals surface area (Å²) in [4.78, 5) is 0. The maximum absolute atomic E-state index is 5.12. The van der Waals surface area contributed by atoms with Gasteiger partial charge in [0, 0.05) is 19.5 Å². The van der Waals surface area contributed by atoms with Gasteiger partial charge in [-0.25, -0.2) is 0 Å². The Morgan fingerprint density at radius 1 is 1.67 bits per heavy atom. The van der Waals surface area contributed by atoms with Crippen LogP contribution in [0.15, 0.2) is 15.2 Å². The van der Waals surface area contributed by atoms with Crippen molar-refractivity contribution < 1.29 is 0 Å². The second-order valence-electron chi connectivity index (χ2n) is 2.39. The summed E-state index contributed by atoms with van der Waals surface area (Å²) in [7, 11) is 0. The summed E-state index contributed by atoms with van der Waals surface area (Å²) in [5.74, 6) is 2.59. The maximum atomic E-state index is 5.12. The Kier molecular flexibility index (Phi) is 4.37. The maximum Gasteiger partial charge on any atom is 0.0701 e. The third-order valence-corrected chi connectivity index (χ3v) is 2.95. The number of halogens is 1. The summed E-state index contributed by atoms with van der Waals surface area (Å²) in [6.07, 6.45) is 5.91. The molecule has 1 N–H and O–H groups in total. The van der Waals surface area contributed by atoms with Crippen molar-refractivity contribution in [1.82, 2.24) is 5.32 Å². The Bertz CT molecular complexity index is 274. The zero-order valence-electron chi connectivity index (χ0n) is 6.64. The topological polar surface area (TPSA) is 12.0 Å². The molecule has 0 saturated carbocycles. The molecule has 0 aromatic carbocycles. The molecule has 3 heteroatoms. The molecule has 1 rings (SSSR count). The van der Waals surface area contributed by atoms with Crippen LogP contribution in [-0.2, 0) is 6.54 Å². The van der Waals surface area contributed by atoms with E-state index in [9.17, 15) is 0 Å². The van der Waals surface area contributed by atoms with E-state index in [1.165, 1.54) is 9.35 Å². The molecule has 0 unspecified atom stereocenters. The molecule has 0 bridgehead atoms. The fourth-order valence-corrected chi connectivity index (χ4v) is 2.04. The van der Waals surface area contributed by atoms with Gasteiger partial charge in [0.15, 0.2) is 0 Å². The molecule has 1 nitrogen and oxygen atoms in total. The van der Waals surface area contributed by atoms with Gasteiger partial charge in [-0.1, -0.05) is 0 Å². The van der Waals surface area contributed by atoms with Gasteiger partial charge in [0.2, 0.25) is 0 Å². The molecule has 0 atom stereocenters. The number of hydrogen-bond donors (Lipinski definition) is 1. The molecule has 0 radical (unpaired) electrons. The zero-order chi connectivity index (χ0) is 8.81. The Labute approximate surface area is 85.3 Å². The van der Waals surface area contributed by atoms with Crippen LogP contribution in [0.25, 0.3) is 0 Å². The van der Waals surface area contributed by atoms with Gasteiger partial charge < -0.3 is 5.32 Å². The average Bonchev–Trinajstić information content (AvgIpc) is 2.45. The predicted molar refractivity (Wildman–Crippen MR) is 57.2 cm³/mol. The Hall–Kier alpha value is -0.300. The molecule has 64 valence electrons. The minimum atomic E-state index is 0.797. The first kappa shape index (κ1) is 9.79. The number of nitrogens with one attached hydrogen (secondary N) is 1. The molecule has 0 amide bonds. The first-order valence-corrected chi connectivity index (χ1v) is 5.37. The van der Waals surface area contributed by atoms with Gasteiger partial charge in [-0.15, -0.1) is 23.7 Å². The van der Waals surface area contributed by atoms with E-state index >= 15 is 0 Å². The van der Waals surface area contributed by atoms with E-state index in [0.717, 1.165) is 19.5 Å². The molecule has 1 heterocycles. The van der Waals surface area contributed by atoms with Crippen molar-refractivity contribution in [1.29, 1.82) is 0 Å². The zero-order valence-corrected chi connectivity index (χ0v) is 9.04. The summed E-state index contributed by atoms with van der Waals surface area (Å²) >= 11 is 5.12. The van der Waals surface area contributed by atoms with E-state index in [1.807, 2.05) is 0 Å². The van der Waals surface area contributed by atoms with Gasteiger partial charge in [-0.3, -0.25) is 0 Å². The summed E-state index contributed by atoms with van der Waals surface area (Å²) < 4.78 is 1.18. The van der Waals surface area contributed by atoms with E-state index in [-0.39, 0.29) is 0 Å². The van der Waals surface area contributed by atoms with Gasteiger partial charge in [-0.05, 0) is 32.9 Å². The molecular weight excluding hydrogens is 234 g/mol. The van der Waals surface area contributed by atoms with Gasteiger partial charge in [0.1, 0.15) is 0 Å². The minimum Gasteiger partial charge on any atom is -0.312 e. The molecule has 12 heavy (non-hydrogen) atoms. The Morgan fingerprint density at radius 2 is 2.50 bits per heavy atom. The highest BCUT2D eigenvalue weighted by Gasteiger charge is 1.95. The lowest BCUT2D eigenvalue weighted by Crippen LogP contribution is -2.13. The SMILES string of the molecule is C#CCCNCc1csc(Br)c1. The lowest BCUT2D eigenvalue weighted by molar-refractivity contribution is 0.703. The van der Waals surface area contributed by atoms with Crippen LogP contribution in [-0.4, -0.2) is 6.54 Å². The van der Waals surface area contributed by atoms with Crippen LogP contribution >= 0.6 is 27.3 Å². The van der Waals surface area contributed by atoms with Crippen LogP contribution in [0, 0.1) is 12.3 Å². The van der Waals surface area contributed by atoms with Gasteiger partial charge in [0.05, 0.1) is 3.79 Å². The molecule has 0 fully saturated rings. The lowest BCUT2D eigenvalue weighted by atomic mass is 10.3. The molecule has 1 aromatic rings. The number of hydrogen-bond acceptors (Lipinski definition) is 2. The van der Waals surface area contributed by atoms with Crippen LogP contribution in [0.2, 0.25) is 0 Å². The molecule has 0 aliphatic rings. The number of thiophene rings is 1. The summed E-state index contributed by atoms with van der Waals surface area (Å²) in [6, 6.07) is 2.12. The Morgan fingerprint density at radius 3 is 3.08 bits per heavy atom. The van der Waals surface area contributed by atoms with E-state index in [1.54, 1.807) is 11.3 Å². The smallest absolute Gasteiger partial charge is 0.0701 e. The van der Waals surface area contributed by atoms with E-state index < -0.39 is 0 Å². The largest absolute Gasteiger partial charge is 0.312 e. The van der Waals surface area contributed by atoms with Crippen LogP contribution in [0.3, 0.4) is 0 Å². The second kappa shape index (κ2) is 5.36. The highest BCUT2D eigenvalue weighted by atomic mass is 79.9. The molecule has 0 saturated heterocycles. The summed E-state index contributed by atoms with van der Waals surface area (Å²) in [6.45, 7) is 1.80. The Balaban J connectivity index is 2.21. The van der Waals surface area contributed by atoms with Crippen molar-refractivity contribution in [2.75, 3.05) is 6.54 Å². The first-order valence-electron chi connectivity index (χ1n) is 3.70. The molecule has 0 spiro atoms. The molecule has 1 aromatic heterocycles. The normalized spacial score (nSPS) is 9.67. The van der Waals surface area contributed by atoms with Crippen molar-refractivity contribution in [3.8, 4) is 12.3 Å². The van der Waals surface area contributed by atoms with Gasteiger partial charge in [-0.2, -0.15) is 0 Å². The lowest BCUT2D eigenvalue weighted by Gasteiger charge is -1.98. The van der Waals surface area contributed by atoms with Crippen molar-refractivity contribution in [2.45, 2.75) is 13.0 Å². The van der Waals surface area contributed by atoms with Gasteiger partial charge in [0.25, 0.3) is 0 Å². The molecule has 0 aliphatic carbocycles. The first-order chi connectivity index (χ1) is 5.83. The third kappa shape index (κ3) is 3.40.